The van der Waals surface area contributed by atoms with Crippen molar-refractivity contribution in [1.29, 1.82) is 0 Å². The molecule has 0 radical (unpaired) electrons. The molecule has 0 bridgehead atoms. The van der Waals surface area contributed by atoms with Gasteiger partial charge >= 0.3 is 6.01 Å². The van der Waals surface area contributed by atoms with Gasteiger partial charge in [-0.25, -0.2) is 0 Å². The largest absolute Gasteiger partial charge is 0.466 e. The van der Waals surface area contributed by atoms with Gasteiger partial charge in [0.2, 0.25) is 0 Å². The van der Waals surface area contributed by atoms with E-state index < -0.39 is 0 Å². The van der Waals surface area contributed by atoms with Gasteiger partial charge in [-0.15, -0.1) is 5.10 Å². The summed E-state index contributed by atoms with van der Waals surface area (Å²) in [5.74, 6) is 2.04. The van der Waals surface area contributed by atoms with Crippen LogP contribution in [0.2, 0.25) is 0 Å². The zero-order valence-corrected chi connectivity index (χ0v) is 11.5. The van der Waals surface area contributed by atoms with Crippen LogP contribution in [0.3, 0.4) is 0 Å². The molecule has 0 saturated heterocycles. The number of anilines is 1. The maximum atomic E-state index is 5.58. The number of aromatic nitrogens is 4. The van der Waals surface area contributed by atoms with Gasteiger partial charge in [0.25, 0.3) is 5.89 Å². The Hall–Kier alpha value is -2.57. The zero-order valence-electron chi connectivity index (χ0n) is 11.5. The lowest BCUT2D eigenvalue weighted by atomic mass is 10.2. The van der Waals surface area contributed by atoms with Crippen molar-refractivity contribution in [3.05, 3.63) is 35.5 Å². The Morgan fingerprint density at radius 2 is 2.10 bits per heavy atom. The Morgan fingerprint density at radius 1 is 1.25 bits per heavy atom. The van der Waals surface area contributed by atoms with Gasteiger partial charge in [0, 0.05) is 13.2 Å². The topological polar surface area (TPSA) is 81.9 Å². The average molecular weight is 273 g/mol. The molecule has 3 rings (SSSR count). The summed E-state index contributed by atoms with van der Waals surface area (Å²) in [6.45, 7) is 4.32. The molecule has 1 N–H and O–H groups in total. The monoisotopic (exact) mass is 273 g/mol. The highest BCUT2D eigenvalue weighted by atomic mass is 16.4. The first kappa shape index (κ1) is 12.5. The molecule has 20 heavy (non-hydrogen) atoms. The van der Waals surface area contributed by atoms with Gasteiger partial charge in [-0.3, -0.25) is 4.68 Å². The molecule has 0 saturated carbocycles. The highest BCUT2D eigenvalue weighted by Gasteiger charge is 2.14. The van der Waals surface area contributed by atoms with Crippen molar-refractivity contribution in [3.8, 4) is 11.5 Å². The van der Waals surface area contributed by atoms with Crippen molar-refractivity contribution in [2.75, 3.05) is 5.32 Å². The van der Waals surface area contributed by atoms with Crippen molar-refractivity contribution in [2.45, 2.75) is 20.4 Å². The first-order valence-electron chi connectivity index (χ1n) is 6.25. The Morgan fingerprint density at radius 3 is 2.75 bits per heavy atom. The van der Waals surface area contributed by atoms with Gasteiger partial charge in [0.15, 0.2) is 0 Å². The number of nitrogens with zero attached hydrogens (tertiary/aromatic N) is 4. The molecule has 3 aromatic heterocycles. The molecule has 104 valence electrons. The van der Waals surface area contributed by atoms with E-state index in [2.05, 4.69) is 20.6 Å². The Balaban J connectivity index is 1.74. The average Bonchev–Trinajstić information content (AvgIpc) is 3.08. The fraction of sp³-hybridized carbons (Fsp3) is 0.308. The molecule has 0 aliphatic rings. The molecular formula is C13H15N5O2. The number of furan rings is 1. The van der Waals surface area contributed by atoms with E-state index in [0.717, 1.165) is 22.8 Å². The molecule has 3 heterocycles. The molecule has 0 fully saturated rings. The van der Waals surface area contributed by atoms with Crippen molar-refractivity contribution < 1.29 is 8.83 Å². The van der Waals surface area contributed by atoms with Gasteiger partial charge in [-0.05, 0) is 26.0 Å². The standard InChI is InChI=1S/C13H15N5O2/c1-8-6-11(9(2)19-8)12-16-17-13(20-12)14-7-10-4-5-15-18(10)3/h4-6H,7H2,1-3H3,(H,14,17). The maximum absolute atomic E-state index is 5.58. The quantitative estimate of drug-likeness (QED) is 0.785. The number of aryl methyl sites for hydroxylation is 3. The van der Waals surface area contributed by atoms with Gasteiger partial charge in [-0.2, -0.15) is 5.10 Å². The lowest BCUT2D eigenvalue weighted by molar-refractivity contribution is 0.503. The van der Waals surface area contributed by atoms with Crippen LogP contribution in [0.5, 0.6) is 0 Å². The van der Waals surface area contributed by atoms with Crippen LogP contribution in [0, 0.1) is 13.8 Å². The second-order valence-corrected chi connectivity index (χ2v) is 4.54. The number of hydrogen-bond acceptors (Lipinski definition) is 6. The van der Waals surface area contributed by atoms with Gasteiger partial charge < -0.3 is 14.2 Å². The van der Waals surface area contributed by atoms with E-state index in [-0.39, 0.29) is 0 Å². The van der Waals surface area contributed by atoms with Crippen LogP contribution in [0.15, 0.2) is 27.2 Å². The molecule has 7 heteroatoms. The predicted molar refractivity (Wildman–Crippen MR) is 72.0 cm³/mol. The van der Waals surface area contributed by atoms with E-state index in [4.69, 9.17) is 8.83 Å². The zero-order chi connectivity index (χ0) is 14.1. The van der Waals surface area contributed by atoms with E-state index in [1.54, 1.807) is 10.9 Å². The highest BCUT2D eigenvalue weighted by molar-refractivity contribution is 5.56. The maximum Gasteiger partial charge on any atom is 0.316 e. The van der Waals surface area contributed by atoms with E-state index in [9.17, 15) is 0 Å². The van der Waals surface area contributed by atoms with E-state index in [1.807, 2.05) is 33.0 Å². The molecular weight excluding hydrogens is 258 g/mol. The third-order valence-corrected chi connectivity index (χ3v) is 3.04. The smallest absolute Gasteiger partial charge is 0.316 e. The summed E-state index contributed by atoms with van der Waals surface area (Å²) in [5, 5.41) is 15.2. The lowest BCUT2D eigenvalue weighted by Gasteiger charge is -2.01. The van der Waals surface area contributed by atoms with Crippen molar-refractivity contribution in [3.63, 3.8) is 0 Å². The minimum Gasteiger partial charge on any atom is -0.466 e. The molecule has 0 atom stereocenters. The highest BCUT2D eigenvalue weighted by Crippen LogP contribution is 2.26. The molecule has 3 aromatic rings. The fourth-order valence-corrected chi connectivity index (χ4v) is 1.99. The molecule has 0 unspecified atom stereocenters. The summed E-state index contributed by atoms with van der Waals surface area (Å²) in [5.41, 5.74) is 1.85. The molecule has 0 aliphatic carbocycles. The van der Waals surface area contributed by atoms with Crippen LogP contribution < -0.4 is 5.32 Å². The van der Waals surface area contributed by atoms with E-state index in [0.29, 0.717) is 18.5 Å². The summed E-state index contributed by atoms with van der Waals surface area (Å²) in [6, 6.07) is 4.18. The molecule has 0 aromatic carbocycles. The summed E-state index contributed by atoms with van der Waals surface area (Å²) < 4.78 is 12.8. The van der Waals surface area contributed by atoms with E-state index >= 15 is 0 Å². The SMILES string of the molecule is Cc1cc(-c2nnc(NCc3ccnn3C)o2)c(C)o1. The summed E-state index contributed by atoms with van der Waals surface area (Å²) in [6.07, 6.45) is 1.74. The van der Waals surface area contributed by atoms with Crippen LogP contribution >= 0.6 is 0 Å². The van der Waals surface area contributed by atoms with Crippen molar-refractivity contribution in [2.24, 2.45) is 7.05 Å². The van der Waals surface area contributed by atoms with E-state index in [1.165, 1.54) is 0 Å². The molecule has 0 amide bonds. The first-order valence-corrected chi connectivity index (χ1v) is 6.25. The van der Waals surface area contributed by atoms with Gasteiger partial charge in [-0.1, -0.05) is 5.10 Å². The third-order valence-electron chi connectivity index (χ3n) is 3.04. The molecule has 0 spiro atoms. The Kier molecular flexibility index (Phi) is 3.02. The van der Waals surface area contributed by atoms with Gasteiger partial charge in [0.05, 0.1) is 17.8 Å². The lowest BCUT2D eigenvalue weighted by Crippen LogP contribution is -2.05. The van der Waals surface area contributed by atoms with Crippen LogP contribution in [0.25, 0.3) is 11.5 Å². The third kappa shape index (κ3) is 2.29. The molecule has 0 aliphatic heterocycles. The number of hydrogen-bond donors (Lipinski definition) is 1. The summed E-state index contributed by atoms with van der Waals surface area (Å²) >= 11 is 0. The molecule has 7 nitrogen and oxygen atoms in total. The first-order chi connectivity index (χ1) is 9.63. The van der Waals surface area contributed by atoms with Crippen LogP contribution in [0.4, 0.5) is 6.01 Å². The minimum atomic E-state index is 0.374. The predicted octanol–water partition coefficient (Wildman–Crippen LogP) is 2.29. The number of rotatable bonds is 4. The second-order valence-electron chi connectivity index (χ2n) is 4.54. The van der Waals surface area contributed by atoms with Crippen LogP contribution in [-0.4, -0.2) is 20.0 Å². The Labute approximate surface area is 115 Å². The second kappa shape index (κ2) is 4.84. The Bertz CT molecular complexity index is 725. The summed E-state index contributed by atoms with van der Waals surface area (Å²) in [7, 11) is 1.88. The number of nitrogens with one attached hydrogen (secondary N) is 1. The normalized spacial score (nSPS) is 10.9. The van der Waals surface area contributed by atoms with Crippen molar-refractivity contribution >= 4 is 6.01 Å². The van der Waals surface area contributed by atoms with Gasteiger partial charge in [0.1, 0.15) is 11.5 Å². The fourth-order valence-electron chi connectivity index (χ4n) is 1.99. The van der Waals surface area contributed by atoms with Crippen molar-refractivity contribution in [1.82, 2.24) is 20.0 Å². The van der Waals surface area contributed by atoms with Crippen LogP contribution in [0.1, 0.15) is 17.2 Å². The van der Waals surface area contributed by atoms with Crippen LogP contribution in [-0.2, 0) is 13.6 Å². The minimum absolute atomic E-state index is 0.374. The summed E-state index contributed by atoms with van der Waals surface area (Å²) in [4.78, 5) is 0.